The van der Waals surface area contributed by atoms with E-state index in [1.807, 2.05) is 0 Å². The molecule has 3 heterocycles. The molecule has 9 nitrogen and oxygen atoms in total. The third-order valence-corrected chi connectivity index (χ3v) is 4.63. The number of nitrogens with zero attached hydrogens (tertiary/aromatic N) is 5. The SMILES string of the molecule is O=[N+]([O-])c1cccc(-c2ncn(CN3CCC4(CC3)OCCO4)n2)c1. The molecule has 1 aromatic heterocycles. The normalized spacial score (nSPS) is 20.2. The molecule has 1 aromatic carbocycles. The van der Waals surface area contributed by atoms with Crippen LogP contribution in [0.4, 0.5) is 5.69 Å². The lowest BCUT2D eigenvalue weighted by atomic mass is 10.0. The maximum Gasteiger partial charge on any atom is 0.270 e. The van der Waals surface area contributed by atoms with Gasteiger partial charge in [-0.1, -0.05) is 12.1 Å². The number of nitro benzene ring substituents is 1. The number of ether oxygens (including phenoxy) is 2. The van der Waals surface area contributed by atoms with E-state index in [1.165, 1.54) is 12.1 Å². The lowest BCUT2D eigenvalue weighted by molar-refractivity contribution is -0.384. The molecule has 0 atom stereocenters. The van der Waals surface area contributed by atoms with Crippen LogP contribution in [-0.2, 0) is 16.1 Å². The summed E-state index contributed by atoms with van der Waals surface area (Å²) >= 11 is 0. The number of likely N-dealkylation sites (tertiary alicyclic amines) is 1. The van der Waals surface area contributed by atoms with E-state index in [0.717, 1.165) is 25.9 Å². The predicted molar refractivity (Wildman–Crippen MR) is 87.6 cm³/mol. The molecule has 0 amide bonds. The molecule has 0 radical (unpaired) electrons. The van der Waals surface area contributed by atoms with Gasteiger partial charge in [0.05, 0.1) is 24.8 Å². The van der Waals surface area contributed by atoms with Gasteiger partial charge < -0.3 is 9.47 Å². The van der Waals surface area contributed by atoms with Crippen molar-refractivity contribution >= 4 is 5.69 Å². The highest BCUT2D eigenvalue weighted by Crippen LogP contribution is 2.31. The third-order valence-electron chi connectivity index (χ3n) is 4.63. The minimum absolute atomic E-state index is 0.0340. The zero-order valence-electron chi connectivity index (χ0n) is 13.7. The lowest BCUT2D eigenvalue weighted by Crippen LogP contribution is -2.45. The van der Waals surface area contributed by atoms with Crippen LogP contribution in [0.5, 0.6) is 0 Å². The molecule has 2 fully saturated rings. The molecule has 1 spiro atoms. The first-order valence-corrected chi connectivity index (χ1v) is 8.28. The van der Waals surface area contributed by atoms with Crippen LogP contribution < -0.4 is 0 Å². The van der Waals surface area contributed by atoms with Crippen molar-refractivity contribution in [2.45, 2.75) is 25.3 Å². The van der Waals surface area contributed by atoms with Gasteiger partial charge in [-0.05, 0) is 0 Å². The third kappa shape index (κ3) is 3.39. The van der Waals surface area contributed by atoms with E-state index in [4.69, 9.17) is 9.47 Å². The molecular formula is C16H19N5O4. The summed E-state index contributed by atoms with van der Waals surface area (Å²) in [7, 11) is 0. The fourth-order valence-electron chi connectivity index (χ4n) is 3.28. The Morgan fingerprint density at radius 2 is 2.00 bits per heavy atom. The highest BCUT2D eigenvalue weighted by atomic mass is 16.7. The Balaban J connectivity index is 1.40. The molecule has 25 heavy (non-hydrogen) atoms. The fourth-order valence-corrected chi connectivity index (χ4v) is 3.28. The van der Waals surface area contributed by atoms with Gasteiger partial charge in [0.1, 0.15) is 6.33 Å². The summed E-state index contributed by atoms with van der Waals surface area (Å²) in [5.41, 5.74) is 0.671. The second kappa shape index (κ2) is 6.51. The van der Waals surface area contributed by atoms with Crippen molar-refractivity contribution in [3.05, 3.63) is 40.7 Å². The molecule has 2 aromatic rings. The van der Waals surface area contributed by atoms with E-state index in [2.05, 4.69) is 15.0 Å². The Hall–Kier alpha value is -2.36. The maximum atomic E-state index is 10.9. The van der Waals surface area contributed by atoms with Crippen LogP contribution in [-0.4, -0.2) is 56.7 Å². The molecule has 0 saturated carbocycles. The quantitative estimate of drug-likeness (QED) is 0.614. The number of non-ortho nitro benzene ring substituents is 1. The van der Waals surface area contributed by atoms with Gasteiger partial charge in [0.2, 0.25) is 0 Å². The van der Waals surface area contributed by atoms with Crippen LogP contribution >= 0.6 is 0 Å². The standard InChI is InChI=1S/C16H19N5O4/c22-21(23)14-3-1-2-13(10-14)15-17-11-20(18-15)12-19-6-4-16(5-7-19)24-8-9-25-16/h1-3,10-11H,4-9,12H2. The number of hydrogen-bond donors (Lipinski definition) is 0. The zero-order valence-corrected chi connectivity index (χ0v) is 13.7. The minimum Gasteiger partial charge on any atom is -0.347 e. The zero-order chi connectivity index (χ0) is 17.3. The molecule has 2 aliphatic heterocycles. The molecule has 9 heteroatoms. The van der Waals surface area contributed by atoms with Crippen LogP contribution in [0.1, 0.15) is 12.8 Å². The van der Waals surface area contributed by atoms with Crippen molar-refractivity contribution in [2.24, 2.45) is 0 Å². The second-order valence-electron chi connectivity index (χ2n) is 6.28. The van der Waals surface area contributed by atoms with E-state index in [9.17, 15) is 10.1 Å². The summed E-state index contributed by atoms with van der Waals surface area (Å²) in [6.45, 7) is 3.71. The first-order valence-electron chi connectivity index (χ1n) is 8.28. The Morgan fingerprint density at radius 1 is 1.24 bits per heavy atom. The average molecular weight is 345 g/mol. The van der Waals surface area contributed by atoms with Crippen molar-refractivity contribution in [3.63, 3.8) is 0 Å². The van der Waals surface area contributed by atoms with Crippen LogP contribution in [0.25, 0.3) is 11.4 Å². The largest absolute Gasteiger partial charge is 0.347 e. The van der Waals surface area contributed by atoms with Gasteiger partial charge in [-0.25, -0.2) is 9.67 Å². The second-order valence-corrected chi connectivity index (χ2v) is 6.28. The molecule has 4 rings (SSSR count). The van der Waals surface area contributed by atoms with Crippen molar-refractivity contribution in [1.82, 2.24) is 19.7 Å². The Bertz CT molecular complexity index is 761. The van der Waals surface area contributed by atoms with Crippen LogP contribution in [0.15, 0.2) is 30.6 Å². The number of aromatic nitrogens is 3. The average Bonchev–Trinajstić information content (AvgIpc) is 3.27. The Kier molecular flexibility index (Phi) is 4.20. The van der Waals surface area contributed by atoms with E-state index >= 15 is 0 Å². The minimum atomic E-state index is -0.419. The van der Waals surface area contributed by atoms with Crippen molar-refractivity contribution < 1.29 is 14.4 Å². The van der Waals surface area contributed by atoms with Crippen LogP contribution in [0.3, 0.4) is 0 Å². The molecule has 132 valence electrons. The van der Waals surface area contributed by atoms with E-state index in [-0.39, 0.29) is 11.5 Å². The van der Waals surface area contributed by atoms with Gasteiger partial charge in [-0.15, -0.1) is 5.10 Å². The number of benzene rings is 1. The van der Waals surface area contributed by atoms with Crippen LogP contribution in [0.2, 0.25) is 0 Å². The van der Waals surface area contributed by atoms with Gasteiger partial charge in [-0.3, -0.25) is 15.0 Å². The van der Waals surface area contributed by atoms with Gasteiger partial charge in [0.25, 0.3) is 5.69 Å². The maximum absolute atomic E-state index is 10.9. The topological polar surface area (TPSA) is 95.6 Å². The highest BCUT2D eigenvalue weighted by molar-refractivity contribution is 5.58. The molecule has 2 saturated heterocycles. The van der Waals surface area contributed by atoms with E-state index < -0.39 is 4.92 Å². The van der Waals surface area contributed by atoms with Gasteiger partial charge in [0.15, 0.2) is 11.6 Å². The summed E-state index contributed by atoms with van der Waals surface area (Å²) in [5, 5.41) is 15.3. The first kappa shape index (κ1) is 16.1. The Morgan fingerprint density at radius 3 is 2.72 bits per heavy atom. The van der Waals surface area contributed by atoms with Crippen LogP contribution in [0, 0.1) is 10.1 Å². The summed E-state index contributed by atoms with van der Waals surface area (Å²) in [6.07, 6.45) is 3.35. The Labute approximate surface area is 144 Å². The predicted octanol–water partition coefficient (Wildman–Crippen LogP) is 1.65. The summed E-state index contributed by atoms with van der Waals surface area (Å²) in [5.74, 6) is 0.104. The highest BCUT2D eigenvalue weighted by Gasteiger charge is 2.39. The summed E-state index contributed by atoms with van der Waals surface area (Å²) in [6, 6.07) is 6.35. The van der Waals surface area contributed by atoms with Gasteiger partial charge >= 0.3 is 0 Å². The molecule has 0 unspecified atom stereocenters. The van der Waals surface area contributed by atoms with E-state index in [0.29, 0.717) is 31.3 Å². The number of nitro groups is 1. The number of rotatable bonds is 4. The summed E-state index contributed by atoms with van der Waals surface area (Å²) in [4.78, 5) is 17.0. The smallest absolute Gasteiger partial charge is 0.270 e. The van der Waals surface area contributed by atoms with E-state index in [1.54, 1.807) is 23.1 Å². The van der Waals surface area contributed by atoms with Crippen molar-refractivity contribution in [2.75, 3.05) is 26.3 Å². The monoisotopic (exact) mass is 345 g/mol. The molecule has 0 bridgehead atoms. The van der Waals surface area contributed by atoms with Gasteiger partial charge in [0, 0.05) is 43.6 Å². The summed E-state index contributed by atoms with van der Waals surface area (Å²) < 4.78 is 13.2. The number of hydrogen-bond acceptors (Lipinski definition) is 7. The fraction of sp³-hybridized carbons (Fsp3) is 0.500. The molecule has 0 aliphatic carbocycles. The van der Waals surface area contributed by atoms with Gasteiger partial charge in [-0.2, -0.15) is 0 Å². The first-order chi connectivity index (χ1) is 12.1. The molecular weight excluding hydrogens is 326 g/mol. The molecule has 0 N–H and O–H groups in total. The lowest BCUT2D eigenvalue weighted by Gasteiger charge is -2.37. The molecule has 2 aliphatic rings. The van der Waals surface area contributed by atoms with Crippen molar-refractivity contribution in [3.8, 4) is 11.4 Å². The van der Waals surface area contributed by atoms with Crippen molar-refractivity contribution in [1.29, 1.82) is 0 Å². The number of piperidine rings is 1.